The molecule has 2 saturated heterocycles. The minimum atomic E-state index is -0.793. The van der Waals surface area contributed by atoms with Gasteiger partial charge in [-0.15, -0.1) is 0 Å². The molecule has 0 spiro atoms. The van der Waals surface area contributed by atoms with Gasteiger partial charge in [0.05, 0.1) is 32.6 Å². The lowest BCUT2D eigenvalue weighted by Gasteiger charge is -2.26. The summed E-state index contributed by atoms with van der Waals surface area (Å²) in [6, 6.07) is 5.16. The van der Waals surface area contributed by atoms with Crippen LogP contribution in [0.15, 0.2) is 18.2 Å². The molecule has 27 heavy (non-hydrogen) atoms. The maximum absolute atomic E-state index is 12.5. The van der Waals surface area contributed by atoms with E-state index in [9.17, 15) is 9.59 Å². The molecule has 0 saturated carbocycles. The smallest absolute Gasteiger partial charge is 0.256 e. The van der Waals surface area contributed by atoms with E-state index in [2.05, 4.69) is 10.6 Å². The SMILES string of the molecule is COc1cc(NC(=O)[C@@]2(C)CCCO2)ccc1NC(=O)CN1CCOCC1. The van der Waals surface area contributed by atoms with Crippen molar-refractivity contribution < 1.29 is 23.8 Å². The lowest BCUT2D eigenvalue weighted by molar-refractivity contribution is -0.133. The standard InChI is InChI=1S/C19H27N3O5/c1-19(6-3-9-27-19)18(24)20-14-4-5-15(16(12-14)25-2)21-17(23)13-22-7-10-26-11-8-22/h4-5,12H,3,6-11,13H2,1-2H3,(H,20,24)(H,21,23)/t19-/m1/s1. The molecular weight excluding hydrogens is 350 g/mol. The zero-order valence-corrected chi connectivity index (χ0v) is 15.9. The molecule has 3 rings (SSSR count). The van der Waals surface area contributed by atoms with Crippen LogP contribution in [0, 0.1) is 0 Å². The Bertz CT molecular complexity index is 682. The minimum absolute atomic E-state index is 0.112. The Hall–Kier alpha value is -2.16. The highest BCUT2D eigenvalue weighted by Gasteiger charge is 2.37. The van der Waals surface area contributed by atoms with Crippen LogP contribution in [0.4, 0.5) is 11.4 Å². The van der Waals surface area contributed by atoms with Crippen molar-refractivity contribution >= 4 is 23.2 Å². The van der Waals surface area contributed by atoms with Crippen molar-refractivity contribution in [2.75, 3.05) is 57.2 Å². The number of methoxy groups -OCH3 is 1. The monoisotopic (exact) mass is 377 g/mol. The predicted octanol–water partition coefficient (Wildman–Crippen LogP) is 1.47. The van der Waals surface area contributed by atoms with Crippen molar-refractivity contribution in [2.24, 2.45) is 0 Å². The summed E-state index contributed by atoms with van der Waals surface area (Å²) >= 11 is 0. The Kier molecular flexibility index (Phi) is 6.30. The summed E-state index contributed by atoms with van der Waals surface area (Å²) in [5, 5.41) is 5.73. The van der Waals surface area contributed by atoms with Crippen molar-refractivity contribution in [2.45, 2.75) is 25.4 Å². The molecule has 148 valence electrons. The maximum atomic E-state index is 12.5. The van der Waals surface area contributed by atoms with Crippen LogP contribution in [0.25, 0.3) is 0 Å². The van der Waals surface area contributed by atoms with Crippen LogP contribution in [0.5, 0.6) is 5.75 Å². The Balaban J connectivity index is 1.61. The Morgan fingerprint density at radius 3 is 2.67 bits per heavy atom. The predicted molar refractivity (Wildman–Crippen MR) is 101 cm³/mol. The molecule has 0 bridgehead atoms. The maximum Gasteiger partial charge on any atom is 0.256 e. The van der Waals surface area contributed by atoms with Crippen molar-refractivity contribution in [1.29, 1.82) is 0 Å². The van der Waals surface area contributed by atoms with Gasteiger partial charge >= 0.3 is 0 Å². The molecule has 1 atom stereocenters. The van der Waals surface area contributed by atoms with E-state index in [0.717, 1.165) is 19.5 Å². The molecule has 0 unspecified atom stereocenters. The van der Waals surface area contributed by atoms with Gasteiger partial charge in [-0.25, -0.2) is 0 Å². The molecule has 2 fully saturated rings. The Morgan fingerprint density at radius 1 is 1.22 bits per heavy atom. The first-order valence-electron chi connectivity index (χ1n) is 9.23. The minimum Gasteiger partial charge on any atom is -0.494 e. The highest BCUT2D eigenvalue weighted by atomic mass is 16.5. The Morgan fingerprint density at radius 2 is 2.00 bits per heavy atom. The number of benzene rings is 1. The van der Waals surface area contributed by atoms with E-state index in [1.54, 1.807) is 25.1 Å². The zero-order valence-electron chi connectivity index (χ0n) is 15.9. The second-order valence-electron chi connectivity index (χ2n) is 6.99. The third-order valence-electron chi connectivity index (χ3n) is 4.90. The van der Waals surface area contributed by atoms with Crippen LogP contribution in [0.1, 0.15) is 19.8 Å². The summed E-state index contributed by atoms with van der Waals surface area (Å²) in [6.07, 6.45) is 1.58. The molecule has 2 amide bonds. The van der Waals surface area contributed by atoms with Crippen molar-refractivity contribution in [3.8, 4) is 5.75 Å². The number of carbonyl (C=O) groups is 2. The number of ether oxygens (including phenoxy) is 3. The fourth-order valence-corrected chi connectivity index (χ4v) is 3.25. The first-order chi connectivity index (χ1) is 13.0. The summed E-state index contributed by atoms with van der Waals surface area (Å²) in [5.74, 6) is 0.200. The third kappa shape index (κ3) is 4.97. The lowest BCUT2D eigenvalue weighted by atomic mass is 10.0. The molecule has 0 aliphatic carbocycles. The highest BCUT2D eigenvalue weighted by molar-refractivity contribution is 5.98. The number of amides is 2. The number of carbonyl (C=O) groups excluding carboxylic acids is 2. The molecule has 2 heterocycles. The van der Waals surface area contributed by atoms with Crippen LogP contribution >= 0.6 is 0 Å². The average molecular weight is 377 g/mol. The molecule has 8 nitrogen and oxygen atoms in total. The summed E-state index contributed by atoms with van der Waals surface area (Å²) in [4.78, 5) is 26.8. The lowest BCUT2D eigenvalue weighted by Crippen LogP contribution is -2.41. The van der Waals surface area contributed by atoms with Gasteiger partial charge in [-0.3, -0.25) is 14.5 Å². The van der Waals surface area contributed by atoms with Crippen LogP contribution < -0.4 is 15.4 Å². The number of nitrogens with zero attached hydrogens (tertiary/aromatic N) is 1. The van der Waals surface area contributed by atoms with E-state index in [1.807, 2.05) is 4.90 Å². The van der Waals surface area contributed by atoms with Gasteiger partial charge in [0.15, 0.2) is 0 Å². The van der Waals surface area contributed by atoms with E-state index in [4.69, 9.17) is 14.2 Å². The molecule has 1 aromatic rings. The van der Waals surface area contributed by atoms with Crippen molar-refractivity contribution in [1.82, 2.24) is 4.90 Å². The normalized spacial score (nSPS) is 23.0. The number of rotatable bonds is 6. The first-order valence-corrected chi connectivity index (χ1v) is 9.23. The van der Waals surface area contributed by atoms with Gasteiger partial charge < -0.3 is 24.8 Å². The summed E-state index contributed by atoms with van der Waals surface area (Å²) in [5.41, 5.74) is 0.370. The van der Waals surface area contributed by atoms with E-state index in [-0.39, 0.29) is 11.8 Å². The third-order valence-corrected chi connectivity index (χ3v) is 4.90. The van der Waals surface area contributed by atoms with E-state index in [1.165, 1.54) is 7.11 Å². The second kappa shape index (κ2) is 8.69. The van der Waals surface area contributed by atoms with Crippen molar-refractivity contribution in [3.05, 3.63) is 18.2 Å². The highest BCUT2D eigenvalue weighted by Crippen LogP contribution is 2.30. The molecule has 0 aromatic heterocycles. The zero-order chi connectivity index (χ0) is 19.3. The molecule has 8 heteroatoms. The van der Waals surface area contributed by atoms with E-state index >= 15 is 0 Å². The fraction of sp³-hybridized carbons (Fsp3) is 0.579. The van der Waals surface area contributed by atoms with Gasteiger partial charge in [0.1, 0.15) is 11.4 Å². The van der Waals surface area contributed by atoms with Crippen molar-refractivity contribution in [3.63, 3.8) is 0 Å². The Labute approximate surface area is 159 Å². The summed E-state index contributed by atoms with van der Waals surface area (Å²) < 4.78 is 16.2. The molecular formula is C19H27N3O5. The van der Waals surface area contributed by atoms with Crippen LogP contribution in [0.3, 0.4) is 0 Å². The van der Waals surface area contributed by atoms with Gasteiger partial charge in [0, 0.05) is 31.5 Å². The number of hydrogen-bond acceptors (Lipinski definition) is 6. The van der Waals surface area contributed by atoms with Gasteiger partial charge in [0.25, 0.3) is 5.91 Å². The van der Waals surface area contributed by atoms with Gasteiger partial charge in [-0.1, -0.05) is 0 Å². The molecule has 0 radical (unpaired) electrons. The molecule has 1 aromatic carbocycles. The second-order valence-corrected chi connectivity index (χ2v) is 6.99. The molecule has 2 N–H and O–H groups in total. The fourth-order valence-electron chi connectivity index (χ4n) is 3.25. The van der Waals surface area contributed by atoms with Crippen LogP contribution in [0.2, 0.25) is 0 Å². The quantitative estimate of drug-likeness (QED) is 0.781. The number of nitrogens with one attached hydrogen (secondary N) is 2. The number of morpholine rings is 1. The molecule has 2 aliphatic rings. The summed E-state index contributed by atoms with van der Waals surface area (Å²) in [7, 11) is 1.53. The van der Waals surface area contributed by atoms with Gasteiger partial charge in [-0.2, -0.15) is 0 Å². The molecule has 2 aliphatic heterocycles. The van der Waals surface area contributed by atoms with E-state index < -0.39 is 5.60 Å². The van der Waals surface area contributed by atoms with Gasteiger partial charge in [-0.05, 0) is 31.9 Å². The average Bonchev–Trinajstić information content (AvgIpc) is 3.11. The van der Waals surface area contributed by atoms with Crippen LogP contribution in [-0.2, 0) is 19.1 Å². The topological polar surface area (TPSA) is 89.1 Å². The first kappa shape index (κ1) is 19.6. The number of hydrogen-bond donors (Lipinski definition) is 2. The van der Waals surface area contributed by atoms with Crippen LogP contribution in [-0.4, -0.2) is 68.9 Å². The number of anilines is 2. The van der Waals surface area contributed by atoms with E-state index in [0.29, 0.717) is 49.9 Å². The summed E-state index contributed by atoms with van der Waals surface area (Å²) in [6.45, 7) is 5.49. The van der Waals surface area contributed by atoms with Gasteiger partial charge in [0.2, 0.25) is 5.91 Å². The largest absolute Gasteiger partial charge is 0.494 e.